The van der Waals surface area contributed by atoms with Gasteiger partial charge < -0.3 is 15.5 Å². The number of carbonyl (C=O) groups is 2. The molecule has 1 aliphatic rings. The van der Waals surface area contributed by atoms with E-state index in [1.54, 1.807) is 0 Å². The predicted octanol–water partition coefficient (Wildman–Crippen LogP) is 6.15. The number of hydrogen-bond donors (Lipinski definition) is 2. The second-order valence-electron chi connectivity index (χ2n) is 10.8. The van der Waals surface area contributed by atoms with Crippen LogP contribution in [0.25, 0.3) is 10.8 Å². The van der Waals surface area contributed by atoms with Gasteiger partial charge >= 0.3 is 0 Å². The number of rotatable bonds is 10. The third-order valence-electron chi connectivity index (χ3n) is 7.97. The number of benzene rings is 4. The number of unbranched alkanes of at least 4 members (excludes halogenated alkanes) is 1. The first-order chi connectivity index (χ1) is 19.6. The van der Waals surface area contributed by atoms with Crippen LogP contribution < -0.4 is 10.6 Å². The van der Waals surface area contributed by atoms with Gasteiger partial charge in [0.25, 0.3) is 5.91 Å². The van der Waals surface area contributed by atoms with Crippen LogP contribution in [0.1, 0.15) is 60.0 Å². The number of fused-ring (bicyclic) bond motifs is 1. The fourth-order valence-electron chi connectivity index (χ4n) is 5.68. The molecular formula is C35H39N3O2. The van der Waals surface area contributed by atoms with Crippen molar-refractivity contribution >= 4 is 22.6 Å². The summed E-state index contributed by atoms with van der Waals surface area (Å²) in [5.74, 6) is 0.175. The van der Waals surface area contributed by atoms with E-state index in [0.717, 1.165) is 36.5 Å². The maximum atomic E-state index is 13.9. The minimum absolute atomic E-state index is 0.0205. The molecule has 2 atom stereocenters. The average molecular weight is 534 g/mol. The van der Waals surface area contributed by atoms with Crippen molar-refractivity contribution in [3.8, 4) is 0 Å². The molecule has 2 N–H and O–H groups in total. The van der Waals surface area contributed by atoms with Crippen LogP contribution in [-0.4, -0.2) is 48.4 Å². The first-order valence-corrected chi connectivity index (χ1v) is 14.5. The van der Waals surface area contributed by atoms with Crippen molar-refractivity contribution in [1.82, 2.24) is 15.5 Å². The Morgan fingerprint density at radius 2 is 1.55 bits per heavy atom. The molecule has 4 aromatic rings. The second-order valence-corrected chi connectivity index (χ2v) is 10.8. The summed E-state index contributed by atoms with van der Waals surface area (Å²) in [6.45, 7) is 3.92. The maximum absolute atomic E-state index is 13.9. The highest BCUT2D eigenvalue weighted by atomic mass is 16.2. The highest BCUT2D eigenvalue weighted by molar-refractivity contribution is 5.98. The number of nitrogens with zero attached hydrogens (tertiary/aromatic N) is 1. The molecule has 2 amide bonds. The molecule has 0 saturated carbocycles. The molecule has 5 rings (SSSR count). The largest absolute Gasteiger partial charge is 0.350 e. The van der Waals surface area contributed by atoms with E-state index >= 15 is 0 Å². The summed E-state index contributed by atoms with van der Waals surface area (Å²) >= 11 is 0. The van der Waals surface area contributed by atoms with Crippen LogP contribution in [0.15, 0.2) is 103 Å². The van der Waals surface area contributed by atoms with Crippen molar-refractivity contribution in [3.63, 3.8) is 0 Å². The molecule has 1 heterocycles. The summed E-state index contributed by atoms with van der Waals surface area (Å²) in [6, 6.07) is 34.6. The van der Waals surface area contributed by atoms with Crippen LogP contribution in [-0.2, 0) is 4.79 Å². The maximum Gasteiger partial charge on any atom is 0.251 e. The SMILES string of the molecule is CCCC[C@H]1N[C@@H](CNC(=O)c2ccc3ccccc3c2)CCN(CC(c2ccccc2)c2ccccc2)C1=O. The molecule has 5 heteroatoms. The zero-order chi connectivity index (χ0) is 27.7. The Morgan fingerprint density at radius 3 is 2.23 bits per heavy atom. The van der Waals surface area contributed by atoms with Crippen molar-refractivity contribution in [2.24, 2.45) is 0 Å². The van der Waals surface area contributed by atoms with Gasteiger partial charge in [-0.15, -0.1) is 0 Å². The van der Waals surface area contributed by atoms with Crippen LogP contribution >= 0.6 is 0 Å². The lowest BCUT2D eigenvalue weighted by molar-refractivity contribution is -0.133. The van der Waals surface area contributed by atoms with Gasteiger partial charge in [0.2, 0.25) is 5.91 Å². The normalized spacial score (nSPS) is 17.6. The Labute approximate surface area is 237 Å². The van der Waals surface area contributed by atoms with Gasteiger partial charge in [-0.25, -0.2) is 0 Å². The summed E-state index contributed by atoms with van der Waals surface area (Å²) in [5, 5.41) is 8.91. The molecule has 0 aromatic heterocycles. The van der Waals surface area contributed by atoms with Gasteiger partial charge in [-0.1, -0.05) is 111 Å². The third kappa shape index (κ3) is 6.78. The first-order valence-electron chi connectivity index (χ1n) is 14.5. The molecule has 1 fully saturated rings. The van der Waals surface area contributed by atoms with Crippen LogP contribution in [0.4, 0.5) is 0 Å². The topological polar surface area (TPSA) is 61.4 Å². The van der Waals surface area contributed by atoms with E-state index < -0.39 is 0 Å². The third-order valence-corrected chi connectivity index (χ3v) is 7.97. The Kier molecular flexibility index (Phi) is 9.25. The van der Waals surface area contributed by atoms with Gasteiger partial charge in [-0.05, 0) is 46.9 Å². The molecule has 0 radical (unpaired) electrons. The second kappa shape index (κ2) is 13.4. The highest BCUT2D eigenvalue weighted by Gasteiger charge is 2.32. The zero-order valence-electron chi connectivity index (χ0n) is 23.3. The smallest absolute Gasteiger partial charge is 0.251 e. The molecular weight excluding hydrogens is 494 g/mol. The van der Waals surface area contributed by atoms with Crippen molar-refractivity contribution in [2.45, 2.75) is 50.6 Å². The number of nitrogens with one attached hydrogen (secondary N) is 2. The van der Waals surface area contributed by atoms with E-state index in [0.29, 0.717) is 25.2 Å². The van der Waals surface area contributed by atoms with Gasteiger partial charge in [-0.2, -0.15) is 0 Å². The zero-order valence-corrected chi connectivity index (χ0v) is 23.3. The first kappa shape index (κ1) is 27.6. The van der Waals surface area contributed by atoms with Crippen LogP contribution in [0.5, 0.6) is 0 Å². The lowest BCUT2D eigenvalue weighted by atomic mass is 9.90. The standard InChI is InChI=1S/C35H39N3O2/c1-2-3-18-33-35(40)38(25-32(27-13-6-4-7-14-27)28-15-8-5-9-16-28)22-21-31(37-33)24-36-34(39)30-20-19-26-12-10-11-17-29(26)23-30/h4-17,19-20,23,31-33,37H,2-3,18,21-22,24-25H2,1H3,(H,36,39)/t31-,33-/m1/s1. The fourth-order valence-corrected chi connectivity index (χ4v) is 5.68. The molecule has 0 spiro atoms. The Morgan fingerprint density at radius 1 is 0.900 bits per heavy atom. The summed E-state index contributed by atoms with van der Waals surface area (Å²) < 4.78 is 0. The molecule has 40 heavy (non-hydrogen) atoms. The summed E-state index contributed by atoms with van der Waals surface area (Å²) in [6.07, 6.45) is 3.59. The van der Waals surface area contributed by atoms with Crippen LogP contribution in [0, 0.1) is 0 Å². The van der Waals surface area contributed by atoms with Crippen molar-refractivity contribution in [2.75, 3.05) is 19.6 Å². The van der Waals surface area contributed by atoms with Crippen molar-refractivity contribution in [3.05, 3.63) is 120 Å². The Bertz CT molecular complexity index is 1370. The van der Waals surface area contributed by atoms with Crippen molar-refractivity contribution < 1.29 is 9.59 Å². The number of amides is 2. The summed E-state index contributed by atoms with van der Waals surface area (Å²) in [7, 11) is 0. The average Bonchev–Trinajstić information content (AvgIpc) is 3.16. The van der Waals surface area contributed by atoms with E-state index in [-0.39, 0.29) is 29.8 Å². The molecule has 0 unspecified atom stereocenters. The van der Waals surface area contributed by atoms with E-state index in [9.17, 15) is 9.59 Å². The molecule has 4 aromatic carbocycles. The molecule has 0 aliphatic carbocycles. The van der Waals surface area contributed by atoms with Crippen LogP contribution in [0.3, 0.4) is 0 Å². The molecule has 0 bridgehead atoms. The Hall–Kier alpha value is -3.96. The van der Waals surface area contributed by atoms with E-state index in [1.807, 2.05) is 59.5 Å². The van der Waals surface area contributed by atoms with Gasteiger partial charge in [0.1, 0.15) is 0 Å². The van der Waals surface area contributed by atoms with Gasteiger partial charge in [-0.3, -0.25) is 9.59 Å². The quantitative estimate of drug-likeness (QED) is 0.257. The lowest BCUT2D eigenvalue weighted by Gasteiger charge is -2.29. The number of hydrogen-bond acceptors (Lipinski definition) is 3. The molecule has 1 aliphatic heterocycles. The minimum Gasteiger partial charge on any atom is -0.350 e. The predicted molar refractivity (Wildman–Crippen MR) is 162 cm³/mol. The van der Waals surface area contributed by atoms with E-state index in [2.05, 4.69) is 66.1 Å². The Balaban J connectivity index is 1.30. The molecule has 5 nitrogen and oxygen atoms in total. The van der Waals surface area contributed by atoms with Gasteiger partial charge in [0.15, 0.2) is 0 Å². The monoisotopic (exact) mass is 533 g/mol. The van der Waals surface area contributed by atoms with Gasteiger partial charge in [0, 0.05) is 37.2 Å². The van der Waals surface area contributed by atoms with E-state index in [1.165, 1.54) is 11.1 Å². The van der Waals surface area contributed by atoms with E-state index in [4.69, 9.17) is 0 Å². The summed E-state index contributed by atoms with van der Waals surface area (Å²) in [4.78, 5) is 28.9. The van der Waals surface area contributed by atoms with Crippen molar-refractivity contribution in [1.29, 1.82) is 0 Å². The summed E-state index contributed by atoms with van der Waals surface area (Å²) in [5.41, 5.74) is 3.08. The van der Waals surface area contributed by atoms with Crippen LogP contribution in [0.2, 0.25) is 0 Å². The molecule has 1 saturated heterocycles. The highest BCUT2D eigenvalue weighted by Crippen LogP contribution is 2.27. The minimum atomic E-state index is -0.253. The number of carbonyl (C=O) groups excluding carboxylic acids is 2. The fraction of sp³-hybridized carbons (Fsp3) is 0.314. The molecule has 206 valence electrons. The van der Waals surface area contributed by atoms with Gasteiger partial charge in [0.05, 0.1) is 6.04 Å². The lowest BCUT2D eigenvalue weighted by Crippen LogP contribution is -2.49.